The van der Waals surface area contributed by atoms with Gasteiger partial charge in [-0.2, -0.15) is 0 Å². The molecule has 1 nitrogen and oxygen atoms in total. The second kappa shape index (κ2) is 6.78. The summed E-state index contributed by atoms with van der Waals surface area (Å²) in [6.45, 7) is 11.3. The first-order chi connectivity index (χ1) is 8.04. The number of pyridine rings is 1. The third kappa shape index (κ3) is 4.49. The van der Waals surface area contributed by atoms with Crippen LogP contribution in [0.15, 0.2) is 18.3 Å². The minimum Gasteiger partial charge on any atom is -0.261 e. The van der Waals surface area contributed by atoms with Crippen LogP contribution in [-0.2, 0) is 6.42 Å². The van der Waals surface area contributed by atoms with Gasteiger partial charge in [-0.15, -0.1) is 0 Å². The van der Waals surface area contributed by atoms with Crippen LogP contribution in [0.5, 0.6) is 0 Å². The Labute approximate surface area is 107 Å². The molecule has 0 saturated heterocycles. The average molecular weight is 233 g/mol. The monoisotopic (exact) mass is 233 g/mol. The van der Waals surface area contributed by atoms with Crippen molar-refractivity contribution in [3.05, 3.63) is 29.6 Å². The first-order valence-corrected chi connectivity index (χ1v) is 6.99. The Hall–Kier alpha value is -0.850. The topological polar surface area (TPSA) is 12.9 Å². The van der Waals surface area contributed by atoms with Gasteiger partial charge in [0.05, 0.1) is 0 Å². The van der Waals surface area contributed by atoms with Gasteiger partial charge in [-0.1, -0.05) is 47.1 Å². The van der Waals surface area contributed by atoms with E-state index in [1.165, 1.54) is 30.5 Å². The average Bonchev–Trinajstić information content (AvgIpc) is 2.35. The fraction of sp³-hybridized carbons (Fsp3) is 0.688. The molecule has 0 aromatic carbocycles. The zero-order valence-corrected chi connectivity index (χ0v) is 12.0. The van der Waals surface area contributed by atoms with E-state index in [0.717, 1.165) is 5.92 Å². The van der Waals surface area contributed by atoms with E-state index in [0.29, 0.717) is 11.8 Å². The SMILES string of the molecule is CCC(C)CCc1ccc(C(C)C(C)C)nc1. The number of aryl methyl sites for hydroxylation is 1. The maximum atomic E-state index is 4.60. The van der Waals surface area contributed by atoms with Gasteiger partial charge in [0.25, 0.3) is 0 Å². The number of rotatable bonds is 6. The minimum absolute atomic E-state index is 0.554. The first kappa shape index (κ1) is 14.2. The molecule has 2 unspecified atom stereocenters. The molecule has 0 amide bonds. The Morgan fingerprint density at radius 2 is 1.82 bits per heavy atom. The lowest BCUT2D eigenvalue weighted by Gasteiger charge is -2.15. The molecule has 96 valence electrons. The summed E-state index contributed by atoms with van der Waals surface area (Å²) in [7, 11) is 0. The van der Waals surface area contributed by atoms with E-state index >= 15 is 0 Å². The number of aromatic nitrogens is 1. The molecule has 1 rings (SSSR count). The Morgan fingerprint density at radius 3 is 2.29 bits per heavy atom. The van der Waals surface area contributed by atoms with E-state index in [9.17, 15) is 0 Å². The summed E-state index contributed by atoms with van der Waals surface area (Å²) in [6, 6.07) is 4.46. The molecular formula is C16H27N. The highest BCUT2D eigenvalue weighted by atomic mass is 14.7. The van der Waals surface area contributed by atoms with Crippen LogP contribution in [-0.4, -0.2) is 4.98 Å². The fourth-order valence-corrected chi connectivity index (χ4v) is 1.81. The third-order valence-electron chi connectivity index (χ3n) is 3.94. The van der Waals surface area contributed by atoms with Crippen LogP contribution in [0.4, 0.5) is 0 Å². The Morgan fingerprint density at radius 1 is 1.12 bits per heavy atom. The lowest BCUT2D eigenvalue weighted by molar-refractivity contribution is 0.513. The Kier molecular flexibility index (Phi) is 5.67. The van der Waals surface area contributed by atoms with Gasteiger partial charge < -0.3 is 0 Å². The van der Waals surface area contributed by atoms with Crippen LogP contribution in [0, 0.1) is 11.8 Å². The Balaban J connectivity index is 2.56. The quantitative estimate of drug-likeness (QED) is 0.686. The van der Waals surface area contributed by atoms with Gasteiger partial charge in [0, 0.05) is 17.8 Å². The molecule has 17 heavy (non-hydrogen) atoms. The smallest absolute Gasteiger partial charge is 0.0434 e. The Bertz CT molecular complexity index is 313. The summed E-state index contributed by atoms with van der Waals surface area (Å²) in [5, 5.41) is 0. The molecule has 0 bridgehead atoms. The van der Waals surface area contributed by atoms with E-state index in [-0.39, 0.29) is 0 Å². The highest BCUT2D eigenvalue weighted by Gasteiger charge is 2.10. The molecule has 0 radical (unpaired) electrons. The summed E-state index contributed by atoms with van der Waals surface area (Å²) in [5.41, 5.74) is 2.61. The maximum Gasteiger partial charge on any atom is 0.0434 e. The fourth-order valence-electron chi connectivity index (χ4n) is 1.81. The highest BCUT2D eigenvalue weighted by Crippen LogP contribution is 2.22. The van der Waals surface area contributed by atoms with Crippen LogP contribution in [0.3, 0.4) is 0 Å². The predicted molar refractivity (Wildman–Crippen MR) is 75.3 cm³/mol. The summed E-state index contributed by atoms with van der Waals surface area (Å²) >= 11 is 0. The summed E-state index contributed by atoms with van der Waals surface area (Å²) < 4.78 is 0. The predicted octanol–water partition coefficient (Wildman–Crippen LogP) is 4.82. The van der Waals surface area contributed by atoms with Crippen molar-refractivity contribution in [2.75, 3.05) is 0 Å². The molecule has 1 heterocycles. The van der Waals surface area contributed by atoms with Gasteiger partial charge in [0.2, 0.25) is 0 Å². The van der Waals surface area contributed by atoms with E-state index in [1.807, 2.05) is 0 Å². The van der Waals surface area contributed by atoms with Gasteiger partial charge >= 0.3 is 0 Å². The standard InChI is InChI=1S/C16H27N/c1-6-13(4)7-8-15-9-10-16(17-11-15)14(5)12(2)3/h9-14H,6-8H2,1-5H3. The van der Waals surface area contributed by atoms with Gasteiger partial charge in [-0.25, -0.2) is 0 Å². The second-order valence-corrected chi connectivity index (χ2v) is 5.68. The second-order valence-electron chi connectivity index (χ2n) is 5.68. The van der Waals surface area contributed by atoms with Crippen LogP contribution in [0.2, 0.25) is 0 Å². The van der Waals surface area contributed by atoms with Crippen LogP contribution < -0.4 is 0 Å². The molecule has 0 fully saturated rings. The molecule has 1 aromatic rings. The summed E-state index contributed by atoms with van der Waals surface area (Å²) in [4.78, 5) is 4.60. The highest BCUT2D eigenvalue weighted by molar-refractivity contribution is 5.17. The van der Waals surface area contributed by atoms with E-state index in [1.54, 1.807) is 0 Å². The number of hydrogen-bond donors (Lipinski definition) is 0. The zero-order valence-electron chi connectivity index (χ0n) is 12.0. The molecule has 0 N–H and O–H groups in total. The van der Waals surface area contributed by atoms with E-state index < -0.39 is 0 Å². The van der Waals surface area contributed by atoms with Crippen molar-refractivity contribution in [2.45, 2.75) is 59.8 Å². The molecule has 0 saturated carbocycles. The summed E-state index contributed by atoms with van der Waals surface area (Å²) in [6.07, 6.45) is 5.78. The molecule has 0 aliphatic carbocycles. The van der Waals surface area contributed by atoms with E-state index in [4.69, 9.17) is 0 Å². The zero-order chi connectivity index (χ0) is 12.8. The molecule has 1 heteroatoms. The van der Waals surface area contributed by atoms with E-state index in [2.05, 4.69) is 57.9 Å². The molecule has 0 spiro atoms. The minimum atomic E-state index is 0.554. The van der Waals surface area contributed by atoms with Crippen LogP contribution in [0.1, 0.15) is 64.6 Å². The van der Waals surface area contributed by atoms with Gasteiger partial charge in [0.15, 0.2) is 0 Å². The van der Waals surface area contributed by atoms with Crippen molar-refractivity contribution in [3.63, 3.8) is 0 Å². The van der Waals surface area contributed by atoms with Crippen molar-refractivity contribution >= 4 is 0 Å². The van der Waals surface area contributed by atoms with Crippen molar-refractivity contribution in [1.82, 2.24) is 4.98 Å². The molecule has 2 atom stereocenters. The maximum absolute atomic E-state index is 4.60. The molecule has 1 aromatic heterocycles. The third-order valence-corrected chi connectivity index (χ3v) is 3.94. The van der Waals surface area contributed by atoms with Crippen LogP contribution in [0.25, 0.3) is 0 Å². The normalized spacial score (nSPS) is 14.9. The number of hydrogen-bond acceptors (Lipinski definition) is 1. The molecular weight excluding hydrogens is 206 g/mol. The van der Waals surface area contributed by atoms with Crippen molar-refractivity contribution in [2.24, 2.45) is 11.8 Å². The van der Waals surface area contributed by atoms with Gasteiger partial charge in [0.1, 0.15) is 0 Å². The largest absolute Gasteiger partial charge is 0.261 e. The number of nitrogens with zero attached hydrogens (tertiary/aromatic N) is 1. The van der Waals surface area contributed by atoms with Crippen molar-refractivity contribution in [1.29, 1.82) is 0 Å². The lowest BCUT2D eigenvalue weighted by atomic mass is 9.93. The summed E-state index contributed by atoms with van der Waals surface area (Å²) in [5.74, 6) is 2.04. The van der Waals surface area contributed by atoms with Gasteiger partial charge in [-0.05, 0) is 36.3 Å². The van der Waals surface area contributed by atoms with Crippen LogP contribution >= 0.6 is 0 Å². The molecule has 0 aliphatic heterocycles. The first-order valence-electron chi connectivity index (χ1n) is 6.99. The lowest BCUT2D eigenvalue weighted by Crippen LogP contribution is -2.05. The molecule has 0 aliphatic rings. The van der Waals surface area contributed by atoms with Crippen molar-refractivity contribution in [3.8, 4) is 0 Å². The van der Waals surface area contributed by atoms with Crippen molar-refractivity contribution < 1.29 is 0 Å². The van der Waals surface area contributed by atoms with Gasteiger partial charge in [-0.3, -0.25) is 4.98 Å².